The van der Waals surface area contributed by atoms with E-state index in [4.69, 9.17) is 4.74 Å². The fourth-order valence-corrected chi connectivity index (χ4v) is 3.89. The Kier molecular flexibility index (Phi) is 7.51. The molecular formula is C25H34N2O3. The van der Waals surface area contributed by atoms with Crippen LogP contribution in [-0.4, -0.2) is 52.3 Å². The molecule has 5 heteroatoms. The van der Waals surface area contributed by atoms with Crippen molar-refractivity contribution in [1.82, 2.24) is 9.80 Å². The average molecular weight is 411 g/mol. The summed E-state index contributed by atoms with van der Waals surface area (Å²) in [5.41, 5.74) is 1.99. The lowest BCUT2D eigenvalue weighted by atomic mass is 9.93. The van der Waals surface area contributed by atoms with Crippen molar-refractivity contribution in [2.24, 2.45) is 5.92 Å². The molecule has 0 bridgehead atoms. The number of carbonyl (C=O) groups is 1. The van der Waals surface area contributed by atoms with Crippen molar-refractivity contribution in [3.05, 3.63) is 71.8 Å². The minimum Gasteiger partial charge on any atom is -0.444 e. The molecule has 0 saturated carbocycles. The molecule has 0 radical (unpaired) electrons. The largest absolute Gasteiger partial charge is 0.444 e. The lowest BCUT2D eigenvalue weighted by molar-refractivity contribution is -0.0200. The van der Waals surface area contributed by atoms with Gasteiger partial charge in [-0.05, 0) is 38.3 Å². The van der Waals surface area contributed by atoms with E-state index in [1.807, 2.05) is 32.9 Å². The number of likely N-dealkylation sites (tertiary alicyclic amines) is 1. The summed E-state index contributed by atoms with van der Waals surface area (Å²) in [6, 6.07) is 20.9. The number of aliphatic hydroxyl groups is 1. The van der Waals surface area contributed by atoms with Gasteiger partial charge < -0.3 is 14.7 Å². The molecule has 162 valence electrons. The van der Waals surface area contributed by atoms with Crippen molar-refractivity contribution in [2.75, 3.05) is 19.6 Å². The van der Waals surface area contributed by atoms with Crippen molar-refractivity contribution in [3.63, 3.8) is 0 Å². The van der Waals surface area contributed by atoms with E-state index in [1.165, 1.54) is 11.1 Å². The SMILES string of the molecule is CC(C)(C)OC(=O)N1CC[C@H](CN(Cc2ccccc2)Cc2ccccc2)[C@@H](O)C1. The maximum absolute atomic E-state index is 12.4. The third-order valence-electron chi connectivity index (χ3n) is 5.36. The summed E-state index contributed by atoms with van der Waals surface area (Å²) in [5, 5.41) is 10.8. The molecule has 1 heterocycles. The van der Waals surface area contributed by atoms with Crippen LogP contribution in [0.4, 0.5) is 4.79 Å². The minimum absolute atomic E-state index is 0.121. The zero-order valence-electron chi connectivity index (χ0n) is 18.3. The molecule has 1 N–H and O–H groups in total. The predicted octanol–water partition coefficient (Wildman–Crippen LogP) is 4.31. The van der Waals surface area contributed by atoms with Gasteiger partial charge in [-0.25, -0.2) is 4.79 Å². The smallest absolute Gasteiger partial charge is 0.410 e. The molecule has 0 unspecified atom stereocenters. The average Bonchev–Trinajstić information content (AvgIpc) is 2.69. The van der Waals surface area contributed by atoms with E-state index in [-0.39, 0.29) is 12.0 Å². The van der Waals surface area contributed by atoms with Gasteiger partial charge in [-0.2, -0.15) is 0 Å². The van der Waals surface area contributed by atoms with Crippen LogP contribution in [0.1, 0.15) is 38.3 Å². The Hall–Kier alpha value is -2.37. The second-order valence-electron chi connectivity index (χ2n) is 9.18. The molecule has 5 nitrogen and oxygen atoms in total. The van der Waals surface area contributed by atoms with Crippen LogP contribution in [-0.2, 0) is 17.8 Å². The summed E-state index contributed by atoms with van der Waals surface area (Å²) in [6.07, 6.45) is -0.133. The highest BCUT2D eigenvalue weighted by atomic mass is 16.6. The van der Waals surface area contributed by atoms with Crippen LogP contribution in [0.3, 0.4) is 0 Å². The van der Waals surface area contributed by atoms with Gasteiger partial charge in [0.2, 0.25) is 0 Å². The predicted molar refractivity (Wildman–Crippen MR) is 119 cm³/mol. The van der Waals surface area contributed by atoms with E-state index in [0.29, 0.717) is 13.1 Å². The van der Waals surface area contributed by atoms with E-state index in [0.717, 1.165) is 26.1 Å². The standard InChI is InChI=1S/C25H34N2O3/c1-25(2,3)30-24(29)27-15-14-22(23(28)19-27)18-26(16-20-10-6-4-7-11-20)17-21-12-8-5-9-13-21/h4-13,22-23,28H,14-19H2,1-3H3/t22-,23+/m1/s1. The molecular weight excluding hydrogens is 376 g/mol. The maximum Gasteiger partial charge on any atom is 0.410 e. The van der Waals surface area contributed by atoms with Crippen molar-refractivity contribution >= 4 is 6.09 Å². The van der Waals surface area contributed by atoms with E-state index < -0.39 is 11.7 Å². The molecule has 1 aliphatic heterocycles. The number of carbonyl (C=O) groups excluding carboxylic acids is 1. The third-order valence-corrected chi connectivity index (χ3v) is 5.36. The zero-order chi connectivity index (χ0) is 21.6. The number of hydrogen-bond donors (Lipinski definition) is 1. The van der Waals surface area contributed by atoms with Crippen molar-refractivity contribution < 1.29 is 14.6 Å². The second kappa shape index (κ2) is 10.1. The highest BCUT2D eigenvalue weighted by Gasteiger charge is 2.33. The van der Waals surface area contributed by atoms with E-state index in [9.17, 15) is 9.90 Å². The summed E-state index contributed by atoms with van der Waals surface area (Å²) in [7, 11) is 0. The number of piperidine rings is 1. The summed E-state index contributed by atoms with van der Waals surface area (Å²) in [6.45, 7) is 8.96. The van der Waals surface area contributed by atoms with Crippen molar-refractivity contribution in [1.29, 1.82) is 0 Å². The van der Waals surface area contributed by atoms with Gasteiger partial charge in [-0.1, -0.05) is 60.7 Å². The topological polar surface area (TPSA) is 53.0 Å². The molecule has 1 fully saturated rings. The Balaban J connectivity index is 1.63. The summed E-state index contributed by atoms with van der Waals surface area (Å²) < 4.78 is 5.47. The Morgan fingerprint density at radius 3 is 2.03 bits per heavy atom. The third kappa shape index (κ3) is 6.85. The highest BCUT2D eigenvalue weighted by molar-refractivity contribution is 5.68. The number of rotatable bonds is 6. The first-order valence-corrected chi connectivity index (χ1v) is 10.8. The number of ether oxygens (including phenoxy) is 1. The molecule has 30 heavy (non-hydrogen) atoms. The summed E-state index contributed by atoms with van der Waals surface area (Å²) in [4.78, 5) is 16.4. The number of β-amino-alcohol motifs (C(OH)–C–C–N with tert-alkyl or cyclic N) is 1. The number of aliphatic hydroxyl groups excluding tert-OH is 1. The first kappa shape index (κ1) is 22.3. The number of nitrogens with zero attached hydrogens (tertiary/aromatic N) is 2. The quantitative estimate of drug-likeness (QED) is 0.771. The number of benzene rings is 2. The van der Waals surface area contributed by atoms with Crippen LogP contribution in [0.15, 0.2) is 60.7 Å². The highest BCUT2D eigenvalue weighted by Crippen LogP contribution is 2.23. The van der Waals surface area contributed by atoms with Crippen LogP contribution in [0.2, 0.25) is 0 Å². The van der Waals surface area contributed by atoms with Crippen molar-refractivity contribution in [2.45, 2.75) is 52.0 Å². The summed E-state index contributed by atoms with van der Waals surface area (Å²) in [5.74, 6) is 0.121. The normalized spacial score (nSPS) is 19.7. The van der Waals surface area contributed by atoms with Crippen LogP contribution in [0.25, 0.3) is 0 Å². The van der Waals surface area contributed by atoms with Gasteiger partial charge >= 0.3 is 6.09 Å². The second-order valence-corrected chi connectivity index (χ2v) is 9.18. The zero-order valence-corrected chi connectivity index (χ0v) is 18.3. The van der Waals surface area contributed by atoms with Crippen LogP contribution >= 0.6 is 0 Å². The van der Waals surface area contributed by atoms with E-state index in [2.05, 4.69) is 53.4 Å². The molecule has 2 aromatic rings. The van der Waals surface area contributed by atoms with E-state index in [1.54, 1.807) is 4.90 Å². The Morgan fingerprint density at radius 1 is 1.03 bits per heavy atom. The lowest BCUT2D eigenvalue weighted by Gasteiger charge is -2.38. The van der Waals surface area contributed by atoms with Crippen LogP contribution in [0.5, 0.6) is 0 Å². The minimum atomic E-state index is -0.555. The molecule has 0 spiro atoms. The first-order valence-electron chi connectivity index (χ1n) is 10.8. The molecule has 3 rings (SSSR count). The molecule has 2 atom stereocenters. The maximum atomic E-state index is 12.4. The summed E-state index contributed by atoms with van der Waals surface area (Å²) >= 11 is 0. The fourth-order valence-electron chi connectivity index (χ4n) is 3.89. The Labute approximate surface area is 180 Å². The molecule has 1 aliphatic rings. The van der Waals surface area contributed by atoms with Crippen LogP contribution in [0, 0.1) is 5.92 Å². The van der Waals surface area contributed by atoms with Gasteiger partial charge in [0.25, 0.3) is 0 Å². The van der Waals surface area contributed by atoms with Gasteiger partial charge in [0.05, 0.1) is 12.6 Å². The van der Waals surface area contributed by atoms with Gasteiger partial charge in [-0.3, -0.25) is 4.90 Å². The Morgan fingerprint density at radius 2 is 1.57 bits per heavy atom. The number of amides is 1. The van der Waals surface area contributed by atoms with Crippen molar-refractivity contribution in [3.8, 4) is 0 Å². The fraction of sp³-hybridized carbons (Fsp3) is 0.480. The first-order chi connectivity index (χ1) is 14.3. The van der Waals surface area contributed by atoms with Gasteiger partial charge in [0, 0.05) is 32.1 Å². The molecule has 0 aliphatic carbocycles. The van der Waals surface area contributed by atoms with Crippen LogP contribution < -0.4 is 0 Å². The number of hydrogen-bond acceptors (Lipinski definition) is 4. The molecule has 0 aromatic heterocycles. The van der Waals surface area contributed by atoms with Gasteiger partial charge in [0.1, 0.15) is 5.60 Å². The van der Waals surface area contributed by atoms with Gasteiger partial charge in [0.15, 0.2) is 0 Å². The van der Waals surface area contributed by atoms with E-state index >= 15 is 0 Å². The Bertz CT molecular complexity index is 748. The molecule has 2 aromatic carbocycles. The molecule has 1 saturated heterocycles. The van der Waals surface area contributed by atoms with Gasteiger partial charge in [-0.15, -0.1) is 0 Å². The lowest BCUT2D eigenvalue weighted by Crippen LogP contribution is -2.50. The monoisotopic (exact) mass is 410 g/mol. The molecule has 1 amide bonds.